The Labute approximate surface area is 91.0 Å². The Morgan fingerprint density at radius 1 is 1.33 bits per heavy atom. The molecule has 0 saturated carbocycles. The second kappa shape index (κ2) is 6.38. The highest BCUT2D eigenvalue weighted by molar-refractivity contribution is 7.80. The molecule has 0 radical (unpaired) electrons. The molecule has 0 aromatic rings. The molecule has 0 heterocycles. The van der Waals surface area contributed by atoms with Gasteiger partial charge in [0.1, 0.15) is 6.04 Å². The number of primary amides is 1. The first-order valence-corrected chi connectivity index (χ1v) is 4.71. The highest BCUT2D eigenvalue weighted by Gasteiger charge is 2.28. The number of carbonyl (C=O) groups excluding carboxylic acids is 1. The monoisotopic (exact) mass is 237 g/mol. The van der Waals surface area contributed by atoms with Crippen LogP contribution in [0.2, 0.25) is 0 Å². The third kappa shape index (κ3) is 5.35. The van der Waals surface area contributed by atoms with Crippen LogP contribution < -0.4 is 11.1 Å². The summed E-state index contributed by atoms with van der Waals surface area (Å²) in [5.74, 6) is -3.14. The van der Waals surface area contributed by atoms with Gasteiger partial charge in [0.15, 0.2) is 6.04 Å². The zero-order chi connectivity index (χ0) is 12.0. The number of hydrogen-bond donors (Lipinski definition) is 5. The molecule has 86 valence electrons. The van der Waals surface area contributed by atoms with Crippen molar-refractivity contribution in [1.82, 2.24) is 0 Å². The number of carbonyl (C=O) groups is 3. The van der Waals surface area contributed by atoms with E-state index in [1.54, 1.807) is 0 Å². The second-order valence-corrected chi connectivity index (χ2v) is 3.27. The van der Waals surface area contributed by atoms with E-state index in [4.69, 9.17) is 15.9 Å². The van der Waals surface area contributed by atoms with E-state index in [1.807, 2.05) is 0 Å². The van der Waals surface area contributed by atoms with Crippen LogP contribution in [-0.2, 0) is 14.4 Å². The van der Waals surface area contributed by atoms with Gasteiger partial charge in [-0.05, 0) is 0 Å². The first-order valence-electron chi connectivity index (χ1n) is 4.08. The molecule has 0 aromatic heterocycles. The van der Waals surface area contributed by atoms with Gasteiger partial charge >= 0.3 is 17.8 Å². The van der Waals surface area contributed by atoms with Crippen LogP contribution in [0, 0.1) is 0 Å². The third-order valence-corrected chi connectivity index (χ3v) is 2.03. The first kappa shape index (κ1) is 13.9. The van der Waals surface area contributed by atoms with Crippen LogP contribution in [0.15, 0.2) is 0 Å². The van der Waals surface area contributed by atoms with E-state index in [-0.39, 0.29) is 5.75 Å². The predicted octanol–water partition coefficient (Wildman–Crippen LogP) is -2.74. The molecule has 0 aliphatic heterocycles. The Bertz CT molecular complexity index is 270. The summed E-state index contributed by atoms with van der Waals surface area (Å²) in [5.41, 5.74) is 5.24. The number of nitrogens with two attached hydrogens (primary N) is 2. The fraction of sp³-hybridized carbons (Fsp3) is 0.571. The minimum atomic E-state index is -1.21. The molecule has 0 aliphatic carbocycles. The summed E-state index contributed by atoms with van der Waals surface area (Å²) >= 11 is 3.75. The normalized spacial score (nSPS) is 14.3. The summed E-state index contributed by atoms with van der Waals surface area (Å²) in [6.45, 7) is 0. The van der Waals surface area contributed by atoms with E-state index in [9.17, 15) is 14.4 Å². The van der Waals surface area contributed by atoms with Crippen molar-refractivity contribution in [2.24, 2.45) is 5.73 Å². The van der Waals surface area contributed by atoms with Crippen LogP contribution in [0.25, 0.3) is 0 Å². The number of rotatable bonds is 6. The SMILES string of the molecule is NC(CC(=O)O)C(=O)[NH2+]C(CS)C(=O)O. The molecule has 2 unspecified atom stereocenters. The smallest absolute Gasteiger partial charge is 0.363 e. The number of thiol groups is 1. The van der Waals surface area contributed by atoms with Crippen molar-refractivity contribution in [3.8, 4) is 0 Å². The minimum Gasteiger partial charge on any atom is -0.481 e. The Morgan fingerprint density at radius 2 is 1.87 bits per heavy atom. The Balaban J connectivity index is 4.21. The molecule has 0 fully saturated rings. The van der Waals surface area contributed by atoms with Crippen molar-refractivity contribution < 1.29 is 29.9 Å². The van der Waals surface area contributed by atoms with Crippen molar-refractivity contribution in [3.63, 3.8) is 0 Å². The van der Waals surface area contributed by atoms with Crippen molar-refractivity contribution in [1.29, 1.82) is 0 Å². The number of quaternary nitrogens is 1. The van der Waals surface area contributed by atoms with E-state index in [1.165, 1.54) is 0 Å². The van der Waals surface area contributed by atoms with Gasteiger partial charge in [0.2, 0.25) is 0 Å². The molecular weight excluding hydrogens is 224 g/mol. The number of carboxylic acids is 2. The topological polar surface area (TPSA) is 134 Å². The summed E-state index contributed by atoms with van der Waals surface area (Å²) in [5, 5.41) is 17.8. The van der Waals surface area contributed by atoms with Crippen LogP contribution >= 0.6 is 12.6 Å². The van der Waals surface area contributed by atoms with E-state index >= 15 is 0 Å². The second-order valence-electron chi connectivity index (χ2n) is 2.90. The lowest BCUT2D eigenvalue weighted by atomic mass is 10.2. The molecular formula is C7H13N2O5S+. The molecule has 2 atom stereocenters. The number of amides is 1. The Morgan fingerprint density at radius 3 is 2.20 bits per heavy atom. The maximum Gasteiger partial charge on any atom is 0.363 e. The van der Waals surface area contributed by atoms with Crippen LogP contribution in [0.5, 0.6) is 0 Å². The fourth-order valence-electron chi connectivity index (χ4n) is 0.813. The lowest BCUT2D eigenvalue weighted by Gasteiger charge is -2.09. The van der Waals surface area contributed by atoms with Gasteiger partial charge in [-0.3, -0.25) is 10.1 Å². The quantitative estimate of drug-likeness (QED) is 0.318. The summed E-state index contributed by atoms with van der Waals surface area (Å²) < 4.78 is 0. The van der Waals surface area contributed by atoms with Gasteiger partial charge in [0.05, 0.1) is 12.2 Å². The molecule has 0 spiro atoms. The average molecular weight is 237 g/mol. The molecule has 15 heavy (non-hydrogen) atoms. The zero-order valence-electron chi connectivity index (χ0n) is 7.79. The summed E-state index contributed by atoms with van der Waals surface area (Å²) in [6, 6.07) is -2.25. The highest BCUT2D eigenvalue weighted by Crippen LogP contribution is 1.87. The molecule has 0 bridgehead atoms. The van der Waals surface area contributed by atoms with Crippen molar-refractivity contribution in [2.75, 3.05) is 5.75 Å². The van der Waals surface area contributed by atoms with Crippen LogP contribution in [0.4, 0.5) is 0 Å². The predicted molar refractivity (Wildman–Crippen MR) is 52.4 cm³/mol. The molecule has 6 N–H and O–H groups in total. The fourth-order valence-corrected chi connectivity index (χ4v) is 1.07. The molecule has 8 heteroatoms. The standard InChI is InChI=1S/C7H12N2O5S/c8-3(1-5(10)11)6(12)9-4(2-15)7(13)14/h3-4,15H,1-2,8H2,(H,9,12)(H,10,11)(H,13,14)/p+1. The van der Waals surface area contributed by atoms with E-state index in [2.05, 4.69) is 12.6 Å². The van der Waals surface area contributed by atoms with Gasteiger partial charge in [-0.25, -0.2) is 9.59 Å². The maximum atomic E-state index is 11.2. The summed E-state index contributed by atoms with van der Waals surface area (Å²) in [4.78, 5) is 32.0. The first-order chi connectivity index (χ1) is 6.88. The molecule has 1 amide bonds. The van der Waals surface area contributed by atoms with E-state index in [0.717, 1.165) is 5.32 Å². The molecule has 0 aliphatic rings. The van der Waals surface area contributed by atoms with Gasteiger partial charge < -0.3 is 15.9 Å². The van der Waals surface area contributed by atoms with Crippen LogP contribution in [0.3, 0.4) is 0 Å². The van der Waals surface area contributed by atoms with Crippen molar-refractivity contribution >= 4 is 30.5 Å². The van der Waals surface area contributed by atoms with Crippen molar-refractivity contribution in [3.05, 3.63) is 0 Å². The Kier molecular flexibility index (Phi) is 5.90. The average Bonchev–Trinajstić information content (AvgIpc) is 2.11. The molecule has 0 saturated heterocycles. The number of aliphatic carboxylic acids is 2. The lowest BCUT2D eigenvalue weighted by molar-refractivity contribution is -0.590. The van der Waals surface area contributed by atoms with E-state index < -0.39 is 36.4 Å². The van der Waals surface area contributed by atoms with Crippen LogP contribution in [-0.4, -0.2) is 45.9 Å². The van der Waals surface area contributed by atoms with Gasteiger partial charge in [-0.2, -0.15) is 12.6 Å². The minimum absolute atomic E-state index is 0.0408. The van der Waals surface area contributed by atoms with Crippen LogP contribution in [0.1, 0.15) is 6.42 Å². The summed E-state index contributed by atoms with van der Waals surface area (Å²) in [6.07, 6.45) is -0.520. The molecule has 7 nitrogen and oxygen atoms in total. The van der Waals surface area contributed by atoms with Gasteiger partial charge in [-0.15, -0.1) is 0 Å². The Hall–Kier alpha value is -1.12. The molecule has 0 rings (SSSR count). The van der Waals surface area contributed by atoms with E-state index in [0.29, 0.717) is 0 Å². The van der Waals surface area contributed by atoms with Crippen molar-refractivity contribution in [2.45, 2.75) is 18.5 Å². The highest BCUT2D eigenvalue weighted by atomic mass is 32.1. The van der Waals surface area contributed by atoms with Gasteiger partial charge in [0, 0.05) is 0 Å². The van der Waals surface area contributed by atoms with Gasteiger partial charge in [0.25, 0.3) is 0 Å². The number of hydrogen-bond acceptors (Lipinski definition) is 5. The zero-order valence-corrected chi connectivity index (χ0v) is 8.68. The third-order valence-electron chi connectivity index (χ3n) is 1.64. The molecule has 0 aromatic carbocycles. The largest absolute Gasteiger partial charge is 0.481 e. The van der Waals surface area contributed by atoms with Gasteiger partial charge in [-0.1, -0.05) is 0 Å². The number of carboxylic acid groups (broad SMARTS) is 2. The summed E-state index contributed by atoms with van der Waals surface area (Å²) in [7, 11) is 0. The maximum absolute atomic E-state index is 11.2. The lowest BCUT2D eigenvalue weighted by Crippen LogP contribution is -2.98.